The average Bonchev–Trinajstić information content (AvgIpc) is 2.79. The van der Waals surface area contributed by atoms with Crippen LogP contribution in [-0.2, 0) is 6.54 Å². The summed E-state index contributed by atoms with van der Waals surface area (Å²) in [7, 11) is 1.62. The quantitative estimate of drug-likeness (QED) is 0.595. The summed E-state index contributed by atoms with van der Waals surface area (Å²) >= 11 is 17.4. The summed E-state index contributed by atoms with van der Waals surface area (Å²) in [5, 5.41) is 12.0. The lowest BCUT2D eigenvalue weighted by molar-refractivity contribution is 0.417. The number of hydrogen-bond acceptors (Lipinski definition) is 3. The van der Waals surface area contributed by atoms with Gasteiger partial charge in [-0.3, -0.25) is 4.68 Å². The molecule has 2 aromatic rings. The SMILES string of the molecule is COc1ccccc1NC(=S)NCCCn1nc(C)c(Cl)c1Cl. The van der Waals surface area contributed by atoms with Gasteiger partial charge in [-0.25, -0.2) is 0 Å². The standard InChI is InChI=1S/C15H18Cl2N4OS/c1-10-13(16)14(17)21(20-10)9-5-8-18-15(23)19-11-6-3-4-7-12(11)22-2/h3-4,6-7H,5,8-9H2,1-2H3,(H2,18,19,23). The van der Waals surface area contributed by atoms with Crippen molar-refractivity contribution in [2.24, 2.45) is 0 Å². The number of anilines is 1. The van der Waals surface area contributed by atoms with Gasteiger partial charge in [0.1, 0.15) is 15.9 Å². The lowest BCUT2D eigenvalue weighted by atomic mass is 10.3. The molecule has 2 N–H and O–H groups in total. The minimum atomic E-state index is 0.471. The van der Waals surface area contributed by atoms with E-state index in [0.29, 0.717) is 28.4 Å². The van der Waals surface area contributed by atoms with E-state index in [1.165, 1.54) is 0 Å². The van der Waals surface area contributed by atoms with Crippen LogP contribution in [0.15, 0.2) is 24.3 Å². The van der Waals surface area contributed by atoms with E-state index >= 15 is 0 Å². The summed E-state index contributed by atoms with van der Waals surface area (Å²) in [6, 6.07) is 7.60. The number of thiocarbonyl (C=S) groups is 1. The molecule has 0 unspecified atom stereocenters. The molecule has 5 nitrogen and oxygen atoms in total. The Kier molecular flexibility index (Phi) is 6.50. The highest BCUT2D eigenvalue weighted by molar-refractivity contribution is 7.80. The normalized spacial score (nSPS) is 10.4. The van der Waals surface area contributed by atoms with Gasteiger partial charge < -0.3 is 15.4 Å². The molecular weight excluding hydrogens is 355 g/mol. The van der Waals surface area contributed by atoms with Crippen LogP contribution in [0.1, 0.15) is 12.1 Å². The van der Waals surface area contributed by atoms with Crippen LogP contribution in [0.2, 0.25) is 10.2 Å². The fourth-order valence-corrected chi connectivity index (χ4v) is 2.63. The molecule has 0 aliphatic rings. The molecule has 1 aromatic carbocycles. The van der Waals surface area contributed by atoms with Gasteiger partial charge in [-0.15, -0.1) is 0 Å². The molecule has 0 bridgehead atoms. The number of ether oxygens (including phenoxy) is 1. The van der Waals surface area contributed by atoms with Gasteiger partial charge in [0.2, 0.25) is 0 Å². The predicted octanol–water partition coefficient (Wildman–Crippen LogP) is 3.88. The van der Waals surface area contributed by atoms with Gasteiger partial charge in [0.15, 0.2) is 5.11 Å². The van der Waals surface area contributed by atoms with Crippen LogP contribution in [0.5, 0.6) is 5.75 Å². The maximum absolute atomic E-state index is 6.09. The zero-order valence-electron chi connectivity index (χ0n) is 12.9. The molecule has 0 spiro atoms. The van der Waals surface area contributed by atoms with Gasteiger partial charge in [-0.05, 0) is 37.7 Å². The van der Waals surface area contributed by atoms with Crippen molar-refractivity contribution in [2.75, 3.05) is 19.0 Å². The Labute approximate surface area is 150 Å². The number of benzene rings is 1. The van der Waals surface area contributed by atoms with Crippen molar-refractivity contribution >= 4 is 46.2 Å². The Morgan fingerprint density at radius 1 is 1.35 bits per heavy atom. The number of nitrogens with zero attached hydrogens (tertiary/aromatic N) is 2. The Hall–Kier alpha value is -1.50. The summed E-state index contributed by atoms with van der Waals surface area (Å²) in [4.78, 5) is 0. The molecule has 0 atom stereocenters. The largest absolute Gasteiger partial charge is 0.495 e. The van der Waals surface area contributed by atoms with Crippen LogP contribution >= 0.6 is 35.4 Å². The van der Waals surface area contributed by atoms with Gasteiger partial charge in [0.25, 0.3) is 0 Å². The third kappa shape index (κ3) is 4.73. The van der Waals surface area contributed by atoms with E-state index in [1.807, 2.05) is 31.2 Å². The first-order valence-corrected chi connectivity index (χ1v) is 8.25. The number of halogens is 2. The molecule has 0 saturated heterocycles. The first kappa shape index (κ1) is 17.8. The Balaban J connectivity index is 1.78. The van der Waals surface area contributed by atoms with Gasteiger partial charge >= 0.3 is 0 Å². The number of nitrogens with one attached hydrogen (secondary N) is 2. The zero-order valence-corrected chi connectivity index (χ0v) is 15.2. The number of aryl methyl sites for hydroxylation is 2. The summed E-state index contributed by atoms with van der Waals surface area (Å²) in [6.07, 6.45) is 0.810. The van der Waals surface area contributed by atoms with E-state index in [1.54, 1.807) is 11.8 Å². The van der Waals surface area contributed by atoms with Crippen LogP contribution in [0.25, 0.3) is 0 Å². The Morgan fingerprint density at radius 3 is 2.74 bits per heavy atom. The van der Waals surface area contributed by atoms with E-state index in [2.05, 4.69) is 15.7 Å². The second-order valence-corrected chi connectivity index (χ2v) is 5.99. The number of methoxy groups -OCH3 is 1. The fourth-order valence-electron chi connectivity index (χ4n) is 2.02. The molecule has 1 aromatic heterocycles. The maximum atomic E-state index is 6.09. The number of para-hydroxylation sites is 2. The van der Waals surface area contributed by atoms with Crippen LogP contribution < -0.4 is 15.4 Å². The molecule has 23 heavy (non-hydrogen) atoms. The summed E-state index contributed by atoms with van der Waals surface area (Å²) in [5.41, 5.74) is 1.56. The van der Waals surface area contributed by atoms with Gasteiger partial charge in [-0.1, -0.05) is 35.3 Å². The van der Waals surface area contributed by atoms with Crippen LogP contribution in [0, 0.1) is 6.92 Å². The molecule has 1 heterocycles. The zero-order chi connectivity index (χ0) is 16.8. The van der Waals surface area contributed by atoms with Crippen molar-refractivity contribution in [3.05, 3.63) is 40.1 Å². The molecule has 0 amide bonds. The first-order valence-electron chi connectivity index (χ1n) is 7.09. The highest BCUT2D eigenvalue weighted by Gasteiger charge is 2.10. The first-order chi connectivity index (χ1) is 11.0. The topological polar surface area (TPSA) is 51.1 Å². The summed E-state index contributed by atoms with van der Waals surface area (Å²) < 4.78 is 6.96. The molecule has 0 saturated carbocycles. The van der Waals surface area contributed by atoms with Crippen LogP contribution in [0.4, 0.5) is 5.69 Å². The van der Waals surface area contributed by atoms with Crippen molar-refractivity contribution in [1.29, 1.82) is 0 Å². The average molecular weight is 373 g/mol. The minimum absolute atomic E-state index is 0.471. The maximum Gasteiger partial charge on any atom is 0.170 e. The summed E-state index contributed by atoms with van der Waals surface area (Å²) in [6.45, 7) is 3.18. The van der Waals surface area contributed by atoms with E-state index in [4.69, 9.17) is 40.2 Å². The molecule has 124 valence electrons. The third-order valence-corrected chi connectivity index (χ3v) is 4.36. The third-order valence-electron chi connectivity index (χ3n) is 3.18. The van der Waals surface area contributed by atoms with E-state index in [0.717, 1.165) is 23.6 Å². The second-order valence-electron chi connectivity index (χ2n) is 4.85. The smallest absolute Gasteiger partial charge is 0.170 e. The van der Waals surface area contributed by atoms with E-state index < -0.39 is 0 Å². The van der Waals surface area contributed by atoms with Crippen molar-refractivity contribution in [3.8, 4) is 5.75 Å². The van der Waals surface area contributed by atoms with Crippen LogP contribution in [0.3, 0.4) is 0 Å². The van der Waals surface area contributed by atoms with Gasteiger partial charge in [-0.2, -0.15) is 5.10 Å². The van der Waals surface area contributed by atoms with Crippen LogP contribution in [-0.4, -0.2) is 28.5 Å². The van der Waals surface area contributed by atoms with Gasteiger partial charge in [0, 0.05) is 13.1 Å². The molecule has 0 radical (unpaired) electrons. The molecule has 0 aliphatic carbocycles. The predicted molar refractivity (Wildman–Crippen MR) is 98.8 cm³/mol. The molecule has 0 fully saturated rings. The van der Waals surface area contributed by atoms with Crippen molar-refractivity contribution < 1.29 is 4.74 Å². The van der Waals surface area contributed by atoms with Crippen molar-refractivity contribution in [2.45, 2.75) is 19.9 Å². The Morgan fingerprint density at radius 2 is 2.09 bits per heavy atom. The lowest BCUT2D eigenvalue weighted by Crippen LogP contribution is -2.30. The number of rotatable bonds is 6. The fraction of sp³-hybridized carbons (Fsp3) is 0.333. The number of hydrogen-bond donors (Lipinski definition) is 2. The molecule has 8 heteroatoms. The summed E-state index contributed by atoms with van der Waals surface area (Å²) in [5.74, 6) is 0.741. The van der Waals surface area contributed by atoms with Crippen molar-refractivity contribution in [3.63, 3.8) is 0 Å². The van der Waals surface area contributed by atoms with Gasteiger partial charge in [0.05, 0.1) is 18.5 Å². The molecular formula is C15H18Cl2N4OS. The van der Waals surface area contributed by atoms with E-state index in [9.17, 15) is 0 Å². The molecule has 0 aliphatic heterocycles. The Bertz CT molecular complexity index is 690. The highest BCUT2D eigenvalue weighted by atomic mass is 35.5. The van der Waals surface area contributed by atoms with E-state index in [-0.39, 0.29) is 0 Å². The lowest BCUT2D eigenvalue weighted by Gasteiger charge is -2.13. The second kappa shape index (κ2) is 8.38. The van der Waals surface area contributed by atoms with Crippen molar-refractivity contribution in [1.82, 2.24) is 15.1 Å². The minimum Gasteiger partial charge on any atom is -0.495 e. The monoisotopic (exact) mass is 372 g/mol. The molecule has 2 rings (SSSR count). The highest BCUT2D eigenvalue weighted by Crippen LogP contribution is 2.25. The number of aromatic nitrogens is 2.